The predicted octanol–water partition coefficient (Wildman–Crippen LogP) is 9.05. The third kappa shape index (κ3) is 7.65. The number of carboxylic acids is 1. The van der Waals surface area contributed by atoms with Crippen LogP contribution in [-0.2, 0) is 17.8 Å². The monoisotopic (exact) mass is 546 g/mol. The predicted molar refractivity (Wildman–Crippen MR) is 158 cm³/mol. The third-order valence-corrected chi connectivity index (χ3v) is 7.97. The topological polar surface area (TPSA) is 55.8 Å². The second kappa shape index (κ2) is 12.9. The van der Waals surface area contributed by atoms with Gasteiger partial charge in [0.25, 0.3) is 0 Å². The molecule has 0 heterocycles. The Kier molecular flexibility index (Phi) is 9.55. The second-order valence-corrected chi connectivity index (χ2v) is 12.3. The van der Waals surface area contributed by atoms with E-state index in [0.717, 1.165) is 60.1 Å². The molecule has 4 rings (SSSR count). The molecule has 0 bridgehead atoms. The molecular weight excluding hydrogens is 503 g/mol. The van der Waals surface area contributed by atoms with Gasteiger partial charge in [0.1, 0.15) is 23.9 Å². The number of hydrogen-bond acceptors (Lipinski definition) is 3. The van der Waals surface area contributed by atoms with E-state index in [1.165, 1.54) is 6.07 Å². The fourth-order valence-electron chi connectivity index (χ4n) is 5.67. The Bertz CT molecular complexity index is 1300. The van der Waals surface area contributed by atoms with Crippen molar-refractivity contribution in [2.75, 3.05) is 7.11 Å². The van der Waals surface area contributed by atoms with Gasteiger partial charge >= 0.3 is 5.97 Å². The van der Waals surface area contributed by atoms with Gasteiger partial charge < -0.3 is 14.6 Å². The Morgan fingerprint density at radius 1 is 1.07 bits per heavy atom. The summed E-state index contributed by atoms with van der Waals surface area (Å²) < 4.78 is 26.5. The maximum atomic E-state index is 14.8. The Balaban J connectivity index is 1.58. The summed E-state index contributed by atoms with van der Waals surface area (Å²) in [5.74, 6) is 0.509. The van der Waals surface area contributed by atoms with Crippen LogP contribution in [-0.4, -0.2) is 18.2 Å². The van der Waals surface area contributed by atoms with Gasteiger partial charge in [0.05, 0.1) is 13.0 Å². The first-order chi connectivity index (χ1) is 19.1. The largest absolute Gasteiger partial charge is 0.497 e. The highest BCUT2D eigenvalue weighted by atomic mass is 19.1. The van der Waals surface area contributed by atoms with Crippen LogP contribution in [0.4, 0.5) is 4.39 Å². The lowest BCUT2D eigenvalue weighted by Crippen LogP contribution is -2.23. The Morgan fingerprint density at radius 3 is 2.50 bits per heavy atom. The SMILES string of the molecule is CCC(C(=O)O)C(c1cccc(COc2ccc(-c3cc(OC)ccc3F)cc2CCCC(C)(C)C)c1)C1CC1. The fourth-order valence-corrected chi connectivity index (χ4v) is 5.67. The fraction of sp³-hybridized carbons (Fsp3) is 0.457. The van der Waals surface area contributed by atoms with Crippen molar-refractivity contribution >= 4 is 5.97 Å². The number of aryl methyl sites for hydroxylation is 1. The minimum Gasteiger partial charge on any atom is -0.497 e. The first-order valence-corrected chi connectivity index (χ1v) is 14.5. The van der Waals surface area contributed by atoms with E-state index in [9.17, 15) is 14.3 Å². The van der Waals surface area contributed by atoms with Crippen LogP contribution in [0.3, 0.4) is 0 Å². The summed E-state index contributed by atoms with van der Waals surface area (Å²) in [4.78, 5) is 12.0. The smallest absolute Gasteiger partial charge is 0.307 e. The quantitative estimate of drug-likeness (QED) is 0.232. The zero-order valence-corrected chi connectivity index (χ0v) is 24.5. The molecule has 2 unspecified atom stereocenters. The highest BCUT2D eigenvalue weighted by molar-refractivity contribution is 5.71. The van der Waals surface area contributed by atoms with Gasteiger partial charge in [-0.25, -0.2) is 4.39 Å². The van der Waals surface area contributed by atoms with Crippen LogP contribution < -0.4 is 9.47 Å². The number of rotatable bonds is 13. The molecule has 0 aromatic heterocycles. The summed E-state index contributed by atoms with van der Waals surface area (Å²) in [6.07, 6.45) is 5.69. The Hall–Kier alpha value is -3.34. The first kappa shape index (κ1) is 29.6. The molecule has 0 amide bonds. The van der Waals surface area contributed by atoms with Crippen molar-refractivity contribution in [3.05, 3.63) is 83.2 Å². The summed E-state index contributed by atoms with van der Waals surface area (Å²) in [5, 5.41) is 9.85. The molecule has 1 saturated carbocycles. The number of ether oxygens (including phenoxy) is 2. The van der Waals surface area contributed by atoms with E-state index in [-0.39, 0.29) is 23.1 Å². The molecule has 1 fully saturated rings. The van der Waals surface area contributed by atoms with Gasteiger partial charge in [0.2, 0.25) is 0 Å². The van der Waals surface area contributed by atoms with Crippen LogP contribution in [0.2, 0.25) is 0 Å². The molecule has 1 aliphatic carbocycles. The summed E-state index contributed by atoms with van der Waals surface area (Å²) >= 11 is 0. The molecule has 40 heavy (non-hydrogen) atoms. The van der Waals surface area contributed by atoms with Crippen LogP contribution in [0.1, 0.15) is 82.4 Å². The maximum Gasteiger partial charge on any atom is 0.307 e. The van der Waals surface area contributed by atoms with Crippen molar-refractivity contribution in [1.29, 1.82) is 0 Å². The molecule has 214 valence electrons. The van der Waals surface area contributed by atoms with Gasteiger partial charge in [0, 0.05) is 5.56 Å². The van der Waals surface area contributed by atoms with Crippen molar-refractivity contribution in [3.8, 4) is 22.6 Å². The molecular formula is C35H43FO4. The van der Waals surface area contributed by atoms with Gasteiger partial charge in [-0.15, -0.1) is 0 Å². The number of halogens is 1. The van der Waals surface area contributed by atoms with E-state index >= 15 is 0 Å². The standard InChI is InChI=1S/C35H43FO4/c1-6-29(34(37)38)33(24-12-13-24)27-10-7-9-23(19-27)22-40-32-17-14-25(20-26(32)11-8-18-35(2,3)4)30-21-28(39-5)15-16-31(30)36/h7,9-10,14-17,19-21,24,29,33H,6,8,11-13,18,22H2,1-5H3,(H,37,38). The van der Waals surface area contributed by atoms with Crippen molar-refractivity contribution in [3.63, 3.8) is 0 Å². The third-order valence-electron chi connectivity index (χ3n) is 7.97. The first-order valence-electron chi connectivity index (χ1n) is 14.5. The highest BCUT2D eigenvalue weighted by Crippen LogP contribution is 2.48. The molecule has 3 aromatic rings. The van der Waals surface area contributed by atoms with Gasteiger partial charge in [-0.05, 0) is 108 Å². The van der Waals surface area contributed by atoms with Crippen molar-refractivity contribution in [2.24, 2.45) is 17.3 Å². The van der Waals surface area contributed by atoms with E-state index < -0.39 is 5.97 Å². The zero-order valence-electron chi connectivity index (χ0n) is 24.5. The van der Waals surface area contributed by atoms with Crippen LogP contribution >= 0.6 is 0 Å². The van der Waals surface area contributed by atoms with Gasteiger partial charge in [0.15, 0.2) is 0 Å². The molecule has 0 spiro atoms. The molecule has 3 aromatic carbocycles. The molecule has 1 N–H and O–H groups in total. The summed E-state index contributed by atoms with van der Waals surface area (Å²) in [5.41, 5.74) is 4.68. The lowest BCUT2D eigenvalue weighted by Gasteiger charge is -2.24. The summed E-state index contributed by atoms with van der Waals surface area (Å²) in [6, 6.07) is 18.9. The van der Waals surface area contributed by atoms with E-state index in [1.54, 1.807) is 19.2 Å². The molecule has 4 nitrogen and oxygen atoms in total. The van der Waals surface area contributed by atoms with Crippen molar-refractivity contribution < 1.29 is 23.8 Å². The van der Waals surface area contributed by atoms with Gasteiger partial charge in [-0.3, -0.25) is 4.79 Å². The number of carbonyl (C=O) groups is 1. The number of carboxylic acid groups (broad SMARTS) is 1. The average Bonchev–Trinajstić information content (AvgIpc) is 3.75. The Labute approximate surface area is 238 Å². The minimum atomic E-state index is -0.714. The highest BCUT2D eigenvalue weighted by Gasteiger charge is 2.40. The van der Waals surface area contributed by atoms with E-state index in [2.05, 4.69) is 32.9 Å². The zero-order chi connectivity index (χ0) is 28.9. The molecule has 5 heteroatoms. The van der Waals surface area contributed by atoms with Gasteiger partial charge in [-0.1, -0.05) is 58.0 Å². The number of aliphatic carboxylic acids is 1. The normalized spacial score (nSPS) is 14.9. The Morgan fingerprint density at radius 2 is 1.85 bits per heavy atom. The summed E-state index contributed by atoms with van der Waals surface area (Å²) in [7, 11) is 1.58. The molecule has 0 aliphatic heterocycles. The van der Waals surface area contributed by atoms with Crippen LogP contribution in [0.15, 0.2) is 60.7 Å². The minimum absolute atomic E-state index is 0.0347. The van der Waals surface area contributed by atoms with Crippen LogP contribution in [0.25, 0.3) is 11.1 Å². The van der Waals surface area contributed by atoms with Crippen molar-refractivity contribution in [1.82, 2.24) is 0 Å². The van der Waals surface area contributed by atoms with Gasteiger partial charge in [-0.2, -0.15) is 0 Å². The lowest BCUT2D eigenvalue weighted by molar-refractivity contribution is -0.142. The van der Waals surface area contributed by atoms with Crippen LogP contribution in [0.5, 0.6) is 11.5 Å². The van der Waals surface area contributed by atoms with Crippen molar-refractivity contribution in [2.45, 2.75) is 78.7 Å². The maximum absolute atomic E-state index is 14.8. The van der Waals surface area contributed by atoms with E-state index in [1.807, 2.05) is 37.3 Å². The van der Waals surface area contributed by atoms with E-state index in [0.29, 0.717) is 30.3 Å². The number of methoxy groups -OCH3 is 1. The van der Waals surface area contributed by atoms with E-state index in [4.69, 9.17) is 9.47 Å². The average molecular weight is 547 g/mol. The second-order valence-electron chi connectivity index (χ2n) is 12.3. The van der Waals surface area contributed by atoms with Crippen LogP contribution in [0, 0.1) is 23.1 Å². The molecule has 1 aliphatic rings. The molecule has 0 saturated heterocycles. The molecule has 2 atom stereocenters. The lowest BCUT2D eigenvalue weighted by atomic mass is 9.80. The number of benzene rings is 3. The molecule has 0 radical (unpaired) electrons. The summed E-state index contributed by atoms with van der Waals surface area (Å²) in [6.45, 7) is 9.06. The number of hydrogen-bond donors (Lipinski definition) is 1.